The average Bonchev–Trinajstić information content (AvgIpc) is 2.16. The van der Waals surface area contributed by atoms with Crippen molar-refractivity contribution in [1.29, 1.82) is 0 Å². The van der Waals surface area contributed by atoms with Crippen molar-refractivity contribution in [3.63, 3.8) is 0 Å². The molecule has 0 fully saturated rings. The number of nitrogens with two attached hydrogens (primary N) is 1. The first-order chi connectivity index (χ1) is 7.00. The van der Waals surface area contributed by atoms with Crippen LogP contribution in [0.2, 0.25) is 0 Å². The molecule has 2 aromatic carbocycles. The predicted octanol–water partition coefficient (Wildman–Crippen LogP) is -1.67. The third-order valence-electron chi connectivity index (χ3n) is 2.19. The van der Waals surface area contributed by atoms with Crippen molar-refractivity contribution in [2.75, 3.05) is 5.73 Å². The maximum Gasteiger partial charge on any atom is 1.00 e. The SMILES string of the molecule is Nc1cccc2c(S(=O)(=O)[O-])cccc12.[Na+]. The minimum atomic E-state index is -4.45. The minimum Gasteiger partial charge on any atom is -0.744 e. The van der Waals surface area contributed by atoms with Crippen molar-refractivity contribution in [3.8, 4) is 0 Å². The van der Waals surface area contributed by atoms with Crippen molar-refractivity contribution in [1.82, 2.24) is 0 Å². The summed E-state index contributed by atoms with van der Waals surface area (Å²) in [6.07, 6.45) is 0. The average molecular weight is 245 g/mol. The molecule has 0 saturated heterocycles. The molecule has 78 valence electrons. The van der Waals surface area contributed by atoms with E-state index in [1.165, 1.54) is 12.1 Å². The van der Waals surface area contributed by atoms with Crippen LogP contribution in [0.25, 0.3) is 10.8 Å². The van der Waals surface area contributed by atoms with Crippen LogP contribution in [0.1, 0.15) is 0 Å². The first-order valence-corrected chi connectivity index (χ1v) is 5.64. The number of anilines is 1. The molecule has 0 spiro atoms. The Labute approximate surface area is 115 Å². The van der Waals surface area contributed by atoms with Crippen molar-refractivity contribution in [2.45, 2.75) is 4.90 Å². The Morgan fingerprint density at radius 1 is 1.00 bits per heavy atom. The summed E-state index contributed by atoms with van der Waals surface area (Å²) < 4.78 is 32.9. The van der Waals surface area contributed by atoms with Gasteiger partial charge in [0.25, 0.3) is 0 Å². The summed E-state index contributed by atoms with van der Waals surface area (Å²) >= 11 is 0. The molecule has 0 radical (unpaired) electrons. The zero-order chi connectivity index (χ0) is 11.1. The fourth-order valence-corrected chi connectivity index (χ4v) is 2.22. The Kier molecular flexibility index (Phi) is 3.98. The van der Waals surface area contributed by atoms with Gasteiger partial charge in [-0.1, -0.05) is 24.3 Å². The van der Waals surface area contributed by atoms with E-state index < -0.39 is 10.1 Å². The number of fused-ring (bicyclic) bond motifs is 1. The summed E-state index contributed by atoms with van der Waals surface area (Å²) in [6, 6.07) is 9.30. The van der Waals surface area contributed by atoms with E-state index in [1.807, 2.05) is 0 Å². The van der Waals surface area contributed by atoms with E-state index in [1.54, 1.807) is 24.3 Å². The van der Waals surface area contributed by atoms with Gasteiger partial charge in [-0.3, -0.25) is 0 Å². The van der Waals surface area contributed by atoms with Gasteiger partial charge in [-0.2, -0.15) is 0 Å². The monoisotopic (exact) mass is 245 g/mol. The molecule has 0 saturated carbocycles. The first-order valence-electron chi connectivity index (χ1n) is 4.23. The first kappa shape index (κ1) is 13.5. The van der Waals surface area contributed by atoms with Crippen LogP contribution in [0.15, 0.2) is 41.3 Å². The van der Waals surface area contributed by atoms with Crippen molar-refractivity contribution in [3.05, 3.63) is 36.4 Å². The van der Waals surface area contributed by atoms with Gasteiger partial charge in [-0.05, 0) is 12.1 Å². The standard InChI is InChI=1S/C10H9NO3S.Na/c11-9-5-1-4-8-7(9)3-2-6-10(8)15(12,13)14;/h1-6H,11H2,(H,12,13,14);/q;+1/p-1. The molecule has 0 unspecified atom stereocenters. The van der Waals surface area contributed by atoms with E-state index in [-0.39, 0.29) is 34.5 Å². The third-order valence-corrected chi connectivity index (χ3v) is 3.08. The third kappa shape index (κ3) is 2.39. The van der Waals surface area contributed by atoms with Gasteiger partial charge in [-0.25, -0.2) is 8.42 Å². The van der Waals surface area contributed by atoms with Crippen LogP contribution in [-0.2, 0) is 10.1 Å². The van der Waals surface area contributed by atoms with Gasteiger partial charge in [0, 0.05) is 16.5 Å². The Morgan fingerprint density at radius 2 is 1.56 bits per heavy atom. The number of nitrogen functional groups attached to an aromatic ring is 1. The van der Waals surface area contributed by atoms with Crippen molar-refractivity contribution in [2.24, 2.45) is 0 Å². The number of benzene rings is 2. The Balaban J connectivity index is 0.00000128. The fraction of sp³-hybridized carbons (Fsp3) is 0. The topological polar surface area (TPSA) is 83.2 Å². The maximum absolute atomic E-state index is 11.0. The normalized spacial score (nSPS) is 11.1. The molecule has 0 aliphatic rings. The molecule has 6 heteroatoms. The van der Waals surface area contributed by atoms with E-state index in [0.29, 0.717) is 16.5 Å². The van der Waals surface area contributed by atoms with E-state index in [9.17, 15) is 13.0 Å². The molecule has 0 aliphatic heterocycles. The van der Waals surface area contributed by atoms with Crippen molar-refractivity contribution >= 4 is 26.6 Å². The van der Waals surface area contributed by atoms with Gasteiger partial charge in [0.1, 0.15) is 10.1 Å². The van der Waals surface area contributed by atoms with E-state index in [0.717, 1.165) is 0 Å². The summed E-state index contributed by atoms with van der Waals surface area (Å²) in [5.74, 6) is 0. The summed E-state index contributed by atoms with van der Waals surface area (Å²) in [7, 11) is -4.45. The molecular formula is C10H8NNaO3S. The van der Waals surface area contributed by atoms with Crippen LogP contribution in [0.3, 0.4) is 0 Å². The smallest absolute Gasteiger partial charge is 0.744 e. The summed E-state index contributed by atoms with van der Waals surface area (Å²) in [5, 5.41) is 0.946. The van der Waals surface area contributed by atoms with Crippen LogP contribution >= 0.6 is 0 Å². The van der Waals surface area contributed by atoms with Gasteiger partial charge < -0.3 is 10.3 Å². The second kappa shape index (κ2) is 4.73. The van der Waals surface area contributed by atoms with Crippen LogP contribution in [0.4, 0.5) is 5.69 Å². The molecule has 0 bridgehead atoms. The molecule has 0 atom stereocenters. The molecule has 0 aliphatic carbocycles. The minimum absolute atomic E-state index is 0. The van der Waals surface area contributed by atoms with Crippen LogP contribution < -0.4 is 35.3 Å². The Morgan fingerprint density at radius 3 is 2.19 bits per heavy atom. The zero-order valence-electron chi connectivity index (χ0n) is 8.67. The largest absolute Gasteiger partial charge is 1.00 e. The zero-order valence-corrected chi connectivity index (χ0v) is 11.5. The summed E-state index contributed by atoms with van der Waals surface area (Å²) in [6.45, 7) is 0. The molecule has 0 amide bonds. The second-order valence-corrected chi connectivity index (χ2v) is 4.50. The second-order valence-electron chi connectivity index (χ2n) is 3.15. The summed E-state index contributed by atoms with van der Waals surface area (Å²) in [4.78, 5) is -0.229. The Bertz CT molecular complexity index is 625. The van der Waals surface area contributed by atoms with Crippen LogP contribution in [0.5, 0.6) is 0 Å². The van der Waals surface area contributed by atoms with Gasteiger partial charge >= 0.3 is 29.6 Å². The molecule has 16 heavy (non-hydrogen) atoms. The van der Waals surface area contributed by atoms with Gasteiger partial charge in [-0.15, -0.1) is 0 Å². The number of hydrogen-bond donors (Lipinski definition) is 1. The van der Waals surface area contributed by atoms with E-state index in [4.69, 9.17) is 5.73 Å². The Hall–Kier alpha value is -0.590. The molecule has 2 rings (SSSR count). The van der Waals surface area contributed by atoms with Gasteiger partial charge in [0.2, 0.25) is 0 Å². The molecule has 0 heterocycles. The molecule has 2 aromatic rings. The van der Waals surface area contributed by atoms with Gasteiger partial charge in [0.15, 0.2) is 0 Å². The molecular weight excluding hydrogens is 237 g/mol. The number of rotatable bonds is 1. The quantitative estimate of drug-likeness (QED) is 0.370. The van der Waals surface area contributed by atoms with Crippen LogP contribution in [-0.4, -0.2) is 13.0 Å². The van der Waals surface area contributed by atoms with Crippen molar-refractivity contribution < 1.29 is 42.5 Å². The molecule has 4 nitrogen and oxygen atoms in total. The predicted molar refractivity (Wildman–Crippen MR) is 56.3 cm³/mol. The van der Waals surface area contributed by atoms with E-state index >= 15 is 0 Å². The van der Waals surface area contributed by atoms with E-state index in [2.05, 4.69) is 0 Å². The molecule has 2 N–H and O–H groups in total. The maximum atomic E-state index is 11.0. The fourth-order valence-electron chi connectivity index (χ4n) is 1.52. The van der Waals surface area contributed by atoms with Gasteiger partial charge in [0.05, 0.1) is 4.90 Å². The van der Waals surface area contributed by atoms with Crippen LogP contribution in [0, 0.1) is 0 Å². The number of hydrogen-bond acceptors (Lipinski definition) is 4. The summed E-state index contributed by atoms with van der Waals surface area (Å²) in [5.41, 5.74) is 6.13. The molecule has 0 aromatic heterocycles.